The fraction of sp³-hybridized carbons (Fsp3) is 0.458. The molecule has 1 saturated heterocycles. The molecule has 2 aliphatic heterocycles. The molecule has 31 heavy (non-hydrogen) atoms. The summed E-state index contributed by atoms with van der Waals surface area (Å²) < 4.78 is 19.7. The first kappa shape index (κ1) is 21.4. The van der Waals surface area contributed by atoms with Gasteiger partial charge in [-0.1, -0.05) is 30.3 Å². The Bertz CT molecular complexity index is 882. The van der Waals surface area contributed by atoms with E-state index in [1.165, 1.54) is 11.6 Å². The number of fused-ring (bicyclic) bond motifs is 1. The molecule has 4 rings (SSSR count). The van der Waals surface area contributed by atoms with Gasteiger partial charge in [0.1, 0.15) is 11.6 Å². The van der Waals surface area contributed by atoms with Crippen LogP contribution in [0.15, 0.2) is 53.5 Å². The largest absolute Gasteiger partial charge is 0.493 e. The van der Waals surface area contributed by atoms with Crippen LogP contribution in [-0.2, 0) is 0 Å². The number of aliphatic imine (C=N–C) groups is 1. The van der Waals surface area contributed by atoms with Gasteiger partial charge in [-0.25, -0.2) is 4.39 Å². The van der Waals surface area contributed by atoms with Gasteiger partial charge in [0, 0.05) is 51.8 Å². The van der Waals surface area contributed by atoms with E-state index < -0.39 is 0 Å². The number of nitrogens with one attached hydrogen (secondary N) is 2. The molecule has 0 radical (unpaired) electrons. The molecular formula is C24H32FN5O. The number of nitrogens with zero attached hydrogens (tertiary/aromatic N) is 3. The van der Waals surface area contributed by atoms with Gasteiger partial charge < -0.3 is 20.3 Å². The Hall–Kier alpha value is -2.80. The van der Waals surface area contributed by atoms with Gasteiger partial charge in [0.15, 0.2) is 5.96 Å². The Kier molecular flexibility index (Phi) is 7.25. The summed E-state index contributed by atoms with van der Waals surface area (Å²) in [6, 6.07) is 15.4. The molecule has 166 valence electrons. The summed E-state index contributed by atoms with van der Waals surface area (Å²) in [6.07, 6.45) is 1.95. The molecule has 1 fully saturated rings. The molecule has 0 aromatic heterocycles. The third-order valence-electron chi connectivity index (χ3n) is 6.00. The van der Waals surface area contributed by atoms with Gasteiger partial charge in [-0.05, 0) is 31.2 Å². The minimum Gasteiger partial charge on any atom is -0.493 e. The van der Waals surface area contributed by atoms with E-state index in [1.54, 1.807) is 6.07 Å². The van der Waals surface area contributed by atoms with Crippen molar-refractivity contribution in [2.75, 3.05) is 57.8 Å². The van der Waals surface area contributed by atoms with Crippen molar-refractivity contribution in [1.82, 2.24) is 15.5 Å². The highest BCUT2D eigenvalue weighted by Crippen LogP contribution is 2.31. The lowest BCUT2D eigenvalue weighted by Crippen LogP contribution is -2.47. The number of hydrogen-bond donors (Lipinski definition) is 2. The van der Waals surface area contributed by atoms with E-state index in [2.05, 4.69) is 31.5 Å². The molecule has 6 nitrogen and oxygen atoms in total. The van der Waals surface area contributed by atoms with Crippen LogP contribution in [0.2, 0.25) is 0 Å². The highest BCUT2D eigenvalue weighted by molar-refractivity contribution is 5.80. The molecular weight excluding hydrogens is 393 g/mol. The summed E-state index contributed by atoms with van der Waals surface area (Å²) in [5.74, 6) is 1.65. The van der Waals surface area contributed by atoms with E-state index in [0.29, 0.717) is 12.3 Å². The van der Waals surface area contributed by atoms with Crippen LogP contribution in [0.5, 0.6) is 5.75 Å². The summed E-state index contributed by atoms with van der Waals surface area (Å²) in [5.41, 5.74) is 1.90. The van der Waals surface area contributed by atoms with Crippen LogP contribution in [0.3, 0.4) is 0 Å². The van der Waals surface area contributed by atoms with Crippen molar-refractivity contribution in [2.45, 2.75) is 18.9 Å². The Balaban J connectivity index is 1.18. The van der Waals surface area contributed by atoms with Gasteiger partial charge in [0.25, 0.3) is 0 Å². The zero-order valence-corrected chi connectivity index (χ0v) is 18.2. The van der Waals surface area contributed by atoms with Crippen molar-refractivity contribution in [3.63, 3.8) is 0 Å². The predicted octanol–water partition coefficient (Wildman–Crippen LogP) is 3.03. The standard InChI is InChI=1S/C24H32FN5O/c1-26-24(28-21-11-18-31-23-10-5-2-7-19(21)23)27-12-6-13-29-14-16-30(17-15-29)22-9-4-3-8-20(22)25/h2-5,7-10,21H,6,11-18H2,1H3,(H2,26,27,28). The number of anilines is 1. The van der Waals surface area contributed by atoms with Gasteiger partial charge in [0.05, 0.1) is 18.3 Å². The molecule has 2 N–H and O–H groups in total. The van der Waals surface area contributed by atoms with E-state index in [4.69, 9.17) is 4.74 Å². The minimum atomic E-state index is -0.133. The summed E-state index contributed by atoms with van der Waals surface area (Å²) in [6.45, 7) is 6.24. The lowest BCUT2D eigenvalue weighted by Gasteiger charge is -2.36. The molecule has 7 heteroatoms. The third-order valence-corrected chi connectivity index (χ3v) is 6.00. The first-order valence-corrected chi connectivity index (χ1v) is 11.2. The smallest absolute Gasteiger partial charge is 0.191 e. The van der Waals surface area contributed by atoms with E-state index in [-0.39, 0.29) is 11.9 Å². The van der Waals surface area contributed by atoms with Crippen LogP contribution < -0.4 is 20.3 Å². The molecule has 2 aromatic carbocycles. The monoisotopic (exact) mass is 425 g/mol. The normalized spacial score (nSPS) is 19.5. The Morgan fingerprint density at radius 1 is 1.10 bits per heavy atom. The average molecular weight is 426 g/mol. The van der Waals surface area contributed by atoms with Gasteiger partial charge in [-0.15, -0.1) is 0 Å². The van der Waals surface area contributed by atoms with E-state index >= 15 is 0 Å². The Labute approximate surface area is 184 Å². The quantitative estimate of drug-likeness (QED) is 0.423. The van der Waals surface area contributed by atoms with Gasteiger partial charge in [-0.2, -0.15) is 0 Å². The molecule has 0 saturated carbocycles. The number of benzene rings is 2. The number of ether oxygens (including phenoxy) is 1. The second-order valence-electron chi connectivity index (χ2n) is 8.00. The van der Waals surface area contributed by atoms with Crippen molar-refractivity contribution in [1.29, 1.82) is 0 Å². The first-order chi connectivity index (χ1) is 15.2. The Morgan fingerprint density at radius 2 is 1.87 bits per heavy atom. The molecule has 2 aliphatic rings. The number of guanidine groups is 1. The number of rotatable bonds is 6. The third kappa shape index (κ3) is 5.47. The molecule has 1 atom stereocenters. The molecule has 0 aliphatic carbocycles. The van der Waals surface area contributed by atoms with Gasteiger partial charge >= 0.3 is 0 Å². The van der Waals surface area contributed by atoms with Crippen LogP contribution in [0.25, 0.3) is 0 Å². The van der Waals surface area contributed by atoms with Gasteiger partial charge in [-0.3, -0.25) is 9.89 Å². The molecule has 0 bridgehead atoms. The minimum absolute atomic E-state index is 0.133. The van der Waals surface area contributed by atoms with E-state index in [1.807, 2.05) is 37.4 Å². The van der Waals surface area contributed by atoms with Crippen molar-refractivity contribution in [3.8, 4) is 5.75 Å². The van der Waals surface area contributed by atoms with Crippen molar-refractivity contribution < 1.29 is 9.13 Å². The number of para-hydroxylation sites is 2. The summed E-state index contributed by atoms with van der Waals surface area (Å²) >= 11 is 0. The fourth-order valence-electron chi connectivity index (χ4n) is 4.28. The van der Waals surface area contributed by atoms with Crippen LogP contribution in [-0.4, -0.2) is 63.8 Å². The molecule has 2 aromatic rings. The van der Waals surface area contributed by atoms with Crippen molar-refractivity contribution in [2.24, 2.45) is 4.99 Å². The molecule has 2 heterocycles. The maximum absolute atomic E-state index is 14.0. The van der Waals surface area contributed by atoms with Crippen LogP contribution in [0.4, 0.5) is 10.1 Å². The predicted molar refractivity (Wildman–Crippen MR) is 123 cm³/mol. The van der Waals surface area contributed by atoms with Crippen molar-refractivity contribution >= 4 is 11.6 Å². The number of piperazine rings is 1. The summed E-state index contributed by atoms with van der Waals surface area (Å²) in [5, 5.41) is 6.97. The highest BCUT2D eigenvalue weighted by atomic mass is 19.1. The average Bonchev–Trinajstić information content (AvgIpc) is 2.82. The number of halogens is 1. The van der Waals surface area contributed by atoms with Crippen LogP contribution >= 0.6 is 0 Å². The lowest BCUT2D eigenvalue weighted by molar-refractivity contribution is 0.254. The highest BCUT2D eigenvalue weighted by Gasteiger charge is 2.22. The SMILES string of the molecule is CN=C(NCCCN1CCN(c2ccccc2F)CC1)NC1CCOc2ccccc21. The lowest BCUT2D eigenvalue weighted by atomic mass is 10.0. The Morgan fingerprint density at radius 3 is 2.68 bits per heavy atom. The second kappa shape index (κ2) is 10.5. The first-order valence-electron chi connectivity index (χ1n) is 11.2. The summed E-state index contributed by atoms with van der Waals surface area (Å²) in [4.78, 5) is 8.98. The van der Waals surface area contributed by atoms with Crippen LogP contribution in [0.1, 0.15) is 24.4 Å². The zero-order valence-electron chi connectivity index (χ0n) is 18.2. The topological polar surface area (TPSA) is 52.1 Å². The van der Waals surface area contributed by atoms with Crippen molar-refractivity contribution in [3.05, 3.63) is 59.9 Å². The second-order valence-corrected chi connectivity index (χ2v) is 8.00. The maximum atomic E-state index is 14.0. The molecule has 0 amide bonds. The summed E-state index contributed by atoms with van der Waals surface area (Å²) in [7, 11) is 1.81. The maximum Gasteiger partial charge on any atom is 0.191 e. The number of hydrogen-bond acceptors (Lipinski definition) is 4. The van der Waals surface area contributed by atoms with Gasteiger partial charge in [0.2, 0.25) is 0 Å². The fourth-order valence-corrected chi connectivity index (χ4v) is 4.28. The van der Waals surface area contributed by atoms with E-state index in [9.17, 15) is 4.39 Å². The zero-order chi connectivity index (χ0) is 21.5. The molecule has 0 spiro atoms. The van der Waals surface area contributed by atoms with Crippen LogP contribution in [0, 0.1) is 5.82 Å². The molecule has 1 unspecified atom stereocenters. The van der Waals surface area contributed by atoms with E-state index in [0.717, 1.165) is 63.8 Å².